The Morgan fingerprint density at radius 1 is 1.38 bits per heavy atom. The second-order valence-corrected chi connectivity index (χ2v) is 6.62. The average molecular weight is 312 g/mol. The van der Waals surface area contributed by atoms with Crippen molar-refractivity contribution in [2.24, 2.45) is 0 Å². The van der Waals surface area contributed by atoms with E-state index in [1.807, 2.05) is 39.0 Å². The van der Waals surface area contributed by atoms with Crippen LogP contribution in [0.4, 0.5) is 4.79 Å². The van der Waals surface area contributed by atoms with Crippen molar-refractivity contribution in [1.29, 1.82) is 0 Å². The molecule has 4 nitrogen and oxygen atoms in total. The van der Waals surface area contributed by atoms with Gasteiger partial charge in [0.15, 0.2) is 0 Å². The van der Waals surface area contributed by atoms with E-state index in [2.05, 4.69) is 0 Å². The molecule has 0 spiro atoms. The van der Waals surface area contributed by atoms with Crippen LogP contribution in [0.15, 0.2) is 24.3 Å². The van der Waals surface area contributed by atoms with Crippen molar-refractivity contribution in [3.8, 4) is 5.75 Å². The molecule has 2 rings (SSSR count). The number of likely N-dealkylation sites (tertiary alicyclic amines) is 1. The van der Waals surface area contributed by atoms with E-state index in [0.29, 0.717) is 23.9 Å². The Morgan fingerprint density at radius 3 is 2.76 bits per heavy atom. The molecule has 1 saturated heterocycles. The van der Waals surface area contributed by atoms with Gasteiger partial charge in [-0.25, -0.2) is 4.79 Å². The van der Waals surface area contributed by atoms with E-state index < -0.39 is 5.60 Å². The summed E-state index contributed by atoms with van der Waals surface area (Å²) in [5.41, 5.74) is -0.478. The van der Waals surface area contributed by atoms with Crippen molar-refractivity contribution in [3.05, 3.63) is 29.3 Å². The summed E-state index contributed by atoms with van der Waals surface area (Å²) < 4.78 is 11.2. The van der Waals surface area contributed by atoms with Gasteiger partial charge in [-0.15, -0.1) is 0 Å². The van der Waals surface area contributed by atoms with Gasteiger partial charge in [-0.3, -0.25) is 0 Å². The lowest BCUT2D eigenvalue weighted by atomic mass is 10.2. The predicted octanol–water partition coefficient (Wildman–Crippen LogP) is 4.12. The SMILES string of the molecule is CC(C)(C)OC(=O)N1CCC[C@@H]1COc1ccccc1Cl. The molecule has 1 heterocycles. The van der Waals surface area contributed by atoms with Gasteiger partial charge in [0.1, 0.15) is 18.0 Å². The van der Waals surface area contributed by atoms with Crippen LogP contribution in [-0.4, -0.2) is 35.8 Å². The van der Waals surface area contributed by atoms with E-state index in [4.69, 9.17) is 21.1 Å². The molecule has 1 aromatic rings. The fraction of sp³-hybridized carbons (Fsp3) is 0.562. The molecule has 1 aromatic carbocycles. The van der Waals surface area contributed by atoms with Crippen molar-refractivity contribution in [3.63, 3.8) is 0 Å². The molecule has 1 fully saturated rings. The van der Waals surface area contributed by atoms with Gasteiger partial charge < -0.3 is 14.4 Å². The fourth-order valence-electron chi connectivity index (χ4n) is 2.32. The smallest absolute Gasteiger partial charge is 0.410 e. The molecule has 0 radical (unpaired) electrons. The Bertz CT molecular complexity index is 499. The fourth-order valence-corrected chi connectivity index (χ4v) is 2.51. The van der Waals surface area contributed by atoms with E-state index >= 15 is 0 Å². The van der Waals surface area contributed by atoms with Crippen LogP contribution in [0.2, 0.25) is 5.02 Å². The highest BCUT2D eigenvalue weighted by atomic mass is 35.5. The highest BCUT2D eigenvalue weighted by Crippen LogP contribution is 2.26. The number of carbonyl (C=O) groups excluding carboxylic acids is 1. The minimum Gasteiger partial charge on any atom is -0.490 e. The molecule has 1 aliphatic rings. The van der Waals surface area contributed by atoms with Crippen LogP contribution in [0, 0.1) is 0 Å². The van der Waals surface area contributed by atoms with Crippen LogP contribution in [0.5, 0.6) is 5.75 Å². The number of hydrogen-bond donors (Lipinski definition) is 0. The Hall–Kier alpha value is -1.42. The molecule has 21 heavy (non-hydrogen) atoms. The van der Waals surface area contributed by atoms with Gasteiger partial charge in [-0.2, -0.15) is 0 Å². The lowest BCUT2D eigenvalue weighted by Gasteiger charge is -2.28. The molecule has 0 N–H and O–H groups in total. The van der Waals surface area contributed by atoms with E-state index in [1.165, 1.54) is 0 Å². The Morgan fingerprint density at radius 2 is 2.10 bits per heavy atom. The molecule has 0 aromatic heterocycles. The number of amides is 1. The first kappa shape index (κ1) is 16.0. The van der Waals surface area contributed by atoms with Crippen LogP contribution in [0.3, 0.4) is 0 Å². The van der Waals surface area contributed by atoms with Crippen LogP contribution in [0.1, 0.15) is 33.6 Å². The lowest BCUT2D eigenvalue weighted by molar-refractivity contribution is 0.0187. The normalized spacial score (nSPS) is 18.7. The summed E-state index contributed by atoms with van der Waals surface area (Å²) in [4.78, 5) is 13.9. The molecule has 1 aliphatic heterocycles. The third kappa shape index (κ3) is 4.53. The molecule has 0 aliphatic carbocycles. The Labute approximate surface area is 131 Å². The van der Waals surface area contributed by atoms with Crippen LogP contribution in [0.25, 0.3) is 0 Å². The molecule has 0 saturated carbocycles. The summed E-state index contributed by atoms with van der Waals surface area (Å²) in [7, 11) is 0. The number of carbonyl (C=O) groups is 1. The number of halogens is 1. The lowest BCUT2D eigenvalue weighted by Crippen LogP contribution is -2.42. The largest absolute Gasteiger partial charge is 0.490 e. The first-order valence-corrected chi connectivity index (χ1v) is 7.61. The molecule has 116 valence electrons. The Kier molecular flexibility index (Phi) is 4.99. The zero-order chi connectivity index (χ0) is 15.5. The topological polar surface area (TPSA) is 38.8 Å². The third-order valence-corrected chi connectivity index (χ3v) is 3.59. The molecule has 5 heteroatoms. The minimum absolute atomic E-state index is 0.0381. The number of hydrogen-bond acceptors (Lipinski definition) is 3. The van der Waals surface area contributed by atoms with Gasteiger partial charge >= 0.3 is 6.09 Å². The summed E-state index contributed by atoms with van der Waals surface area (Å²) in [6.07, 6.45) is 1.62. The number of ether oxygens (including phenoxy) is 2. The zero-order valence-corrected chi connectivity index (χ0v) is 13.5. The Balaban J connectivity index is 1.93. The van der Waals surface area contributed by atoms with Crippen LogP contribution < -0.4 is 4.74 Å². The molecular weight excluding hydrogens is 290 g/mol. The van der Waals surface area contributed by atoms with Gasteiger partial charge in [0.2, 0.25) is 0 Å². The van der Waals surface area contributed by atoms with E-state index in [1.54, 1.807) is 11.0 Å². The maximum atomic E-state index is 12.2. The van der Waals surface area contributed by atoms with E-state index in [0.717, 1.165) is 12.8 Å². The maximum absolute atomic E-state index is 12.2. The quantitative estimate of drug-likeness (QED) is 0.843. The second kappa shape index (κ2) is 6.56. The average Bonchev–Trinajstić information content (AvgIpc) is 2.84. The highest BCUT2D eigenvalue weighted by molar-refractivity contribution is 6.32. The van der Waals surface area contributed by atoms with Crippen molar-refractivity contribution >= 4 is 17.7 Å². The van der Waals surface area contributed by atoms with Crippen molar-refractivity contribution in [1.82, 2.24) is 4.90 Å². The molecular formula is C16H22ClNO3. The molecule has 0 bridgehead atoms. The summed E-state index contributed by atoms with van der Waals surface area (Å²) >= 11 is 6.07. The number of para-hydroxylation sites is 1. The van der Waals surface area contributed by atoms with Gasteiger partial charge in [0.25, 0.3) is 0 Å². The number of benzene rings is 1. The number of rotatable bonds is 3. The highest BCUT2D eigenvalue weighted by Gasteiger charge is 2.32. The van der Waals surface area contributed by atoms with Crippen molar-refractivity contribution in [2.45, 2.75) is 45.3 Å². The van der Waals surface area contributed by atoms with Crippen LogP contribution >= 0.6 is 11.6 Å². The monoisotopic (exact) mass is 311 g/mol. The summed E-state index contributed by atoms with van der Waals surface area (Å²) in [5, 5.41) is 0.583. The minimum atomic E-state index is -0.478. The standard InChI is InChI=1S/C16H22ClNO3/c1-16(2,3)21-15(19)18-10-6-7-12(18)11-20-14-9-5-4-8-13(14)17/h4-5,8-9,12H,6-7,10-11H2,1-3H3/t12-/m1/s1. The zero-order valence-electron chi connectivity index (χ0n) is 12.8. The predicted molar refractivity (Wildman–Crippen MR) is 82.9 cm³/mol. The van der Waals surface area contributed by atoms with E-state index in [9.17, 15) is 4.79 Å². The van der Waals surface area contributed by atoms with Crippen molar-refractivity contribution in [2.75, 3.05) is 13.2 Å². The molecule has 1 amide bonds. The van der Waals surface area contributed by atoms with E-state index in [-0.39, 0.29) is 12.1 Å². The van der Waals surface area contributed by atoms with Crippen LogP contribution in [-0.2, 0) is 4.74 Å². The maximum Gasteiger partial charge on any atom is 0.410 e. The third-order valence-electron chi connectivity index (χ3n) is 3.27. The second-order valence-electron chi connectivity index (χ2n) is 6.21. The first-order chi connectivity index (χ1) is 9.87. The summed E-state index contributed by atoms with van der Waals surface area (Å²) in [6.45, 7) is 6.76. The van der Waals surface area contributed by atoms with Gasteiger partial charge in [-0.05, 0) is 45.7 Å². The first-order valence-electron chi connectivity index (χ1n) is 7.24. The van der Waals surface area contributed by atoms with Gasteiger partial charge in [0, 0.05) is 6.54 Å². The number of nitrogens with zero attached hydrogens (tertiary/aromatic N) is 1. The van der Waals surface area contributed by atoms with Gasteiger partial charge in [0.05, 0.1) is 11.1 Å². The molecule has 1 atom stereocenters. The summed E-state index contributed by atoms with van der Waals surface area (Å²) in [6, 6.07) is 7.39. The van der Waals surface area contributed by atoms with Gasteiger partial charge in [-0.1, -0.05) is 23.7 Å². The van der Waals surface area contributed by atoms with Crippen molar-refractivity contribution < 1.29 is 14.3 Å². The summed E-state index contributed by atoms with van der Waals surface area (Å²) in [5.74, 6) is 0.648. The molecule has 0 unspecified atom stereocenters.